The molecule has 0 bridgehead atoms. The molecular formula is C31H35N5O2. The first-order valence-electron chi connectivity index (χ1n) is 13.7. The van der Waals surface area contributed by atoms with Gasteiger partial charge >= 0.3 is 0 Å². The third-order valence-electron chi connectivity index (χ3n) is 8.12. The number of nitrogens with zero attached hydrogens (tertiary/aromatic N) is 3. The minimum atomic E-state index is -0.152. The fourth-order valence-corrected chi connectivity index (χ4v) is 6.04. The van der Waals surface area contributed by atoms with E-state index in [1.54, 1.807) is 6.20 Å². The van der Waals surface area contributed by atoms with Gasteiger partial charge in [-0.3, -0.25) is 14.6 Å². The summed E-state index contributed by atoms with van der Waals surface area (Å²) in [5.74, 6) is 0.0931. The average Bonchev–Trinajstić information content (AvgIpc) is 3.62. The van der Waals surface area contributed by atoms with E-state index >= 15 is 0 Å². The molecule has 3 aliphatic rings. The topological polar surface area (TPSA) is 80.8 Å². The van der Waals surface area contributed by atoms with E-state index < -0.39 is 0 Å². The zero-order valence-electron chi connectivity index (χ0n) is 22.2. The molecule has 1 atom stereocenters. The summed E-state index contributed by atoms with van der Waals surface area (Å²) in [5, 5.41) is 3.56. The lowest BCUT2D eigenvalue weighted by atomic mass is 9.99. The second kappa shape index (κ2) is 10.2. The number of aromatic nitrogens is 1. The number of aryl methyl sites for hydroxylation is 1. The summed E-state index contributed by atoms with van der Waals surface area (Å²) in [6.07, 6.45) is 5.64. The lowest BCUT2D eigenvalue weighted by Gasteiger charge is -2.20. The third kappa shape index (κ3) is 4.78. The fraction of sp³-hybridized carbons (Fsp3) is 0.387. The first-order valence-corrected chi connectivity index (χ1v) is 13.7. The molecule has 0 unspecified atom stereocenters. The molecule has 3 aromatic rings. The van der Waals surface area contributed by atoms with Crippen molar-refractivity contribution >= 4 is 23.0 Å². The first-order chi connectivity index (χ1) is 18.5. The van der Waals surface area contributed by atoms with Gasteiger partial charge in [-0.1, -0.05) is 30.3 Å². The number of aromatic amines is 1. The second-order valence-electron chi connectivity index (χ2n) is 10.9. The Bertz CT molecular complexity index is 1470. The van der Waals surface area contributed by atoms with Crippen molar-refractivity contribution in [2.75, 3.05) is 31.5 Å². The smallest absolute Gasteiger partial charge is 0.259 e. The van der Waals surface area contributed by atoms with E-state index in [1.807, 2.05) is 17.0 Å². The van der Waals surface area contributed by atoms with Crippen molar-refractivity contribution in [1.29, 1.82) is 0 Å². The summed E-state index contributed by atoms with van der Waals surface area (Å²) in [6.45, 7) is 8.90. The lowest BCUT2D eigenvalue weighted by molar-refractivity contribution is 0.0763. The Kier molecular flexibility index (Phi) is 6.62. The van der Waals surface area contributed by atoms with Gasteiger partial charge in [0.2, 0.25) is 0 Å². The zero-order chi connectivity index (χ0) is 26.2. The van der Waals surface area contributed by atoms with Crippen LogP contribution < -0.4 is 10.9 Å². The number of fused-ring (bicyclic) bond motifs is 2. The van der Waals surface area contributed by atoms with Gasteiger partial charge in [0.25, 0.3) is 11.5 Å². The normalized spacial score (nSPS) is 17.5. The van der Waals surface area contributed by atoms with Crippen LogP contribution in [0.15, 0.2) is 58.4 Å². The molecule has 6 rings (SSSR count). The van der Waals surface area contributed by atoms with Gasteiger partial charge in [0.15, 0.2) is 0 Å². The molecule has 1 fully saturated rings. The number of nitrogens with one attached hydrogen (secondary N) is 2. The Balaban J connectivity index is 1.20. The van der Waals surface area contributed by atoms with E-state index in [0.29, 0.717) is 18.5 Å². The molecule has 1 amide bonds. The van der Waals surface area contributed by atoms with Crippen molar-refractivity contribution in [3.63, 3.8) is 0 Å². The molecular weight excluding hydrogens is 474 g/mol. The number of aliphatic imine (C=N–C) groups is 1. The molecule has 1 aromatic heterocycles. The SMILES string of the molecule is Cc1ccccc1C[C@H](C)Nc1cc[nH]c(=O)c1C1=Nc2cc3c(cc2C1)CN(CCN1CCCC1)C3=O. The van der Waals surface area contributed by atoms with Crippen molar-refractivity contribution in [3.05, 3.63) is 92.4 Å². The van der Waals surface area contributed by atoms with Crippen LogP contribution in [0.3, 0.4) is 0 Å². The number of hydrogen-bond acceptors (Lipinski definition) is 5. The van der Waals surface area contributed by atoms with Crippen molar-refractivity contribution in [1.82, 2.24) is 14.8 Å². The van der Waals surface area contributed by atoms with Gasteiger partial charge < -0.3 is 20.1 Å². The highest BCUT2D eigenvalue weighted by Crippen LogP contribution is 2.36. The Hall–Kier alpha value is -3.71. The average molecular weight is 510 g/mol. The van der Waals surface area contributed by atoms with E-state index in [0.717, 1.165) is 66.4 Å². The first kappa shape index (κ1) is 24.6. The van der Waals surface area contributed by atoms with Gasteiger partial charge in [0, 0.05) is 43.9 Å². The van der Waals surface area contributed by atoms with Gasteiger partial charge in [-0.2, -0.15) is 0 Å². The maximum atomic E-state index is 13.2. The highest BCUT2D eigenvalue weighted by atomic mass is 16.2. The number of rotatable bonds is 8. The maximum Gasteiger partial charge on any atom is 0.259 e. The molecule has 196 valence electrons. The van der Waals surface area contributed by atoms with Gasteiger partial charge in [-0.15, -0.1) is 0 Å². The van der Waals surface area contributed by atoms with Crippen LogP contribution in [-0.4, -0.2) is 58.6 Å². The van der Waals surface area contributed by atoms with Gasteiger partial charge in [-0.25, -0.2) is 0 Å². The number of pyridine rings is 1. The summed E-state index contributed by atoms with van der Waals surface area (Å²) in [6, 6.07) is 14.5. The summed E-state index contributed by atoms with van der Waals surface area (Å²) in [4.78, 5) is 38.3. The van der Waals surface area contributed by atoms with Crippen molar-refractivity contribution in [3.8, 4) is 0 Å². The quantitative estimate of drug-likeness (QED) is 0.470. The van der Waals surface area contributed by atoms with Crippen LogP contribution in [0.2, 0.25) is 0 Å². The third-order valence-corrected chi connectivity index (χ3v) is 8.12. The zero-order valence-corrected chi connectivity index (χ0v) is 22.2. The molecule has 38 heavy (non-hydrogen) atoms. The number of carbonyl (C=O) groups excluding carboxylic acids is 1. The van der Waals surface area contributed by atoms with Crippen LogP contribution in [0.25, 0.3) is 0 Å². The Morgan fingerprint density at radius 2 is 1.87 bits per heavy atom. The van der Waals surface area contributed by atoms with E-state index in [9.17, 15) is 9.59 Å². The number of hydrogen-bond donors (Lipinski definition) is 2. The van der Waals surface area contributed by atoms with Gasteiger partial charge in [0.1, 0.15) is 0 Å². The van der Waals surface area contributed by atoms with Crippen molar-refractivity contribution in [2.45, 2.75) is 52.1 Å². The largest absolute Gasteiger partial charge is 0.382 e. The Morgan fingerprint density at radius 3 is 2.68 bits per heavy atom. The lowest BCUT2D eigenvalue weighted by Crippen LogP contribution is -2.33. The Morgan fingerprint density at radius 1 is 1.05 bits per heavy atom. The predicted octanol–water partition coefficient (Wildman–Crippen LogP) is 4.45. The number of carbonyl (C=O) groups is 1. The molecule has 0 aliphatic carbocycles. The molecule has 7 nitrogen and oxygen atoms in total. The van der Waals surface area contributed by atoms with Crippen LogP contribution in [0.4, 0.5) is 11.4 Å². The number of likely N-dealkylation sites (tertiary alicyclic amines) is 1. The maximum absolute atomic E-state index is 13.2. The minimum absolute atomic E-state index is 0.0931. The summed E-state index contributed by atoms with van der Waals surface area (Å²) in [7, 11) is 0. The van der Waals surface area contributed by atoms with Crippen LogP contribution in [0, 0.1) is 6.92 Å². The van der Waals surface area contributed by atoms with E-state index in [4.69, 9.17) is 4.99 Å². The summed E-state index contributed by atoms with van der Waals surface area (Å²) < 4.78 is 0. The van der Waals surface area contributed by atoms with Crippen molar-refractivity contribution < 1.29 is 4.79 Å². The second-order valence-corrected chi connectivity index (χ2v) is 10.9. The van der Waals surface area contributed by atoms with Gasteiger partial charge in [-0.05, 0) is 80.6 Å². The highest BCUT2D eigenvalue weighted by Gasteiger charge is 2.31. The summed E-state index contributed by atoms with van der Waals surface area (Å²) >= 11 is 0. The molecule has 3 aliphatic heterocycles. The van der Waals surface area contributed by atoms with E-state index in [-0.39, 0.29) is 17.5 Å². The number of H-pyrrole nitrogens is 1. The minimum Gasteiger partial charge on any atom is -0.382 e. The van der Waals surface area contributed by atoms with Gasteiger partial charge in [0.05, 0.1) is 22.6 Å². The van der Waals surface area contributed by atoms with Crippen LogP contribution >= 0.6 is 0 Å². The number of benzene rings is 2. The van der Waals surface area contributed by atoms with Crippen molar-refractivity contribution in [2.24, 2.45) is 4.99 Å². The summed E-state index contributed by atoms with van der Waals surface area (Å²) in [5.41, 5.74) is 8.22. The van der Waals surface area contributed by atoms with Crippen LogP contribution in [0.1, 0.15) is 57.9 Å². The number of anilines is 1. The fourth-order valence-electron chi connectivity index (χ4n) is 6.04. The Labute approximate surface area is 223 Å². The molecule has 0 radical (unpaired) electrons. The molecule has 0 saturated carbocycles. The number of amides is 1. The van der Waals surface area contributed by atoms with E-state index in [2.05, 4.69) is 59.4 Å². The molecule has 0 spiro atoms. The highest BCUT2D eigenvalue weighted by molar-refractivity contribution is 6.10. The monoisotopic (exact) mass is 509 g/mol. The predicted molar refractivity (Wildman–Crippen MR) is 152 cm³/mol. The molecule has 1 saturated heterocycles. The van der Waals surface area contributed by atoms with Crippen LogP contribution in [-0.2, 0) is 19.4 Å². The molecule has 2 aromatic carbocycles. The van der Waals surface area contributed by atoms with E-state index in [1.165, 1.54) is 24.0 Å². The molecule has 2 N–H and O–H groups in total. The standard InChI is InChI=1S/C31H35N5O2/c1-20-7-3-4-8-22(20)15-21(2)33-26-9-10-32-30(37)29(26)28-17-23-16-24-19-36(14-13-35-11-5-6-12-35)31(38)25(24)18-27(23)34-28/h3-4,7-10,16,18,21H,5-6,11-15,17,19H2,1-2H3,(H2,32,33,37)/t21-/m0/s1. The molecule has 4 heterocycles. The molecule has 7 heteroatoms. The van der Waals surface area contributed by atoms with Crippen LogP contribution in [0.5, 0.6) is 0 Å².